The lowest BCUT2D eigenvalue weighted by Gasteiger charge is -2.23. The molecule has 0 aromatic rings. The number of halogens is 1. The van der Waals surface area contributed by atoms with Gasteiger partial charge in [-0.3, -0.25) is 4.79 Å². The first-order valence-corrected chi connectivity index (χ1v) is 7.37. The Balaban J connectivity index is 2.50. The maximum absolute atomic E-state index is 11.7. The summed E-state index contributed by atoms with van der Waals surface area (Å²) in [5.41, 5.74) is -0.579. The smallest absolute Gasteiger partial charge is 0.311 e. The second-order valence-corrected chi connectivity index (χ2v) is 7.09. The van der Waals surface area contributed by atoms with Crippen molar-refractivity contribution in [2.45, 2.75) is 56.4 Å². The zero-order valence-electron chi connectivity index (χ0n) is 11.9. The topological polar surface area (TPSA) is 76.0 Å². The van der Waals surface area contributed by atoms with Crippen molar-refractivity contribution in [3.8, 4) is 12.3 Å². The molecule has 114 valence electrons. The number of terminal acetylenes is 1. The second kappa shape index (κ2) is 6.90. The van der Waals surface area contributed by atoms with E-state index in [2.05, 4.69) is 21.9 Å². The van der Waals surface area contributed by atoms with E-state index in [1.165, 1.54) is 0 Å². The van der Waals surface area contributed by atoms with Gasteiger partial charge in [-0.25, -0.2) is 0 Å². The molecule has 5 nitrogen and oxygen atoms in total. The van der Waals surface area contributed by atoms with Gasteiger partial charge in [-0.1, -0.05) is 21.9 Å². The molecule has 0 bridgehead atoms. The average molecular weight is 349 g/mol. The lowest BCUT2D eigenvalue weighted by molar-refractivity contribution is -0.153. The molecule has 0 unspecified atom stereocenters. The molecule has 0 radical (unpaired) electrons. The number of aliphatic hydroxyl groups is 2. The predicted molar refractivity (Wildman–Crippen MR) is 77.3 cm³/mol. The van der Waals surface area contributed by atoms with E-state index in [9.17, 15) is 15.0 Å². The van der Waals surface area contributed by atoms with E-state index in [4.69, 9.17) is 15.9 Å². The van der Waals surface area contributed by atoms with Gasteiger partial charge >= 0.3 is 5.97 Å². The van der Waals surface area contributed by atoms with Gasteiger partial charge in [-0.2, -0.15) is 0 Å². The third-order valence-corrected chi connectivity index (χ3v) is 3.84. The van der Waals surface area contributed by atoms with E-state index in [1.807, 2.05) is 0 Å². The van der Waals surface area contributed by atoms with E-state index in [-0.39, 0.29) is 23.8 Å². The molecule has 1 fully saturated rings. The van der Waals surface area contributed by atoms with Crippen molar-refractivity contribution in [3.05, 3.63) is 0 Å². The molecule has 0 aromatic carbocycles. The van der Waals surface area contributed by atoms with Crippen LogP contribution in [0.2, 0.25) is 0 Å². The molecule has 0 spiro atoms. The number of alkyl halides is 1. The molecule has 0 aromatic heterocycles. The Morgan fingerprint density at radius 1 is 1.60 bits per heavy atom. The summed E-state index contributed by atoms with van der Waals surface area (Å²) in [6.07, 6.45) is 2.39. The minimum absolute atomic E-state index is 0.0801. The van der Waals surface area contributed by atoms with Crippen LogP contribution in [-0.4, -0.2) is 52.0 Å². The van der Waals surface area contributed by atoms with E-state index < -0.39 is 29.8 Å². The number of aliphatic hydroxyl groups excluding tert-OH is 2. The quantitative estimate of drug-likeness (QED) is 0.447. The zero-order valence-corrected chi connectivity index (χ0v) is 13.5. The van der Waals surface area contributed by atoms with Crippen molar-refractivity contribution >= 4 is 21.9 Å². The van der Waals surface area contributed by atoms with Crippen LogP contribution in [0.1, 0.15) is 27.2 Å². The number of hydrogen-bond donors (Lipinski definition) is 2. The molecule has 0 aliphatic carbocycles. The number of carbonyl (C=O) groups is 1. The summed E-state index contributed by atoms with van der Waals surface area (Å²) in [6, 6.07) is 0. The van der Waals surface area contributed by atoms with Crippen LogP contribution in [0.15, 0.2) is 0 Å². The molecule has 1 heterocycles. The SMILES string of the molecule is C#C[C@@H](O)[C@H]1C[C@H](O)[C@H]([C@@H](Br)COC(=O)C(C)(C)C)O1. The lowest BCUT2D eigenvalue weighted by atomic mass is 9.97. The van der Waals surface area contributed by atoms with Crippen molar-refractivity contribution in [1.82, 2.24) is 0 Å². The molecule has 6 heteroatoms. The first-order chi connectivity index (χ1) is 9.16. The van der Waals surface area contributed by atoms with Crippen LogP contribution in [0.4, 0.5) is 0 Å². The Kier molecular flexibility index (Phi) is 6.02. The molecule has 1 aliphatic heterocycles. The van der Waals surface area contributed by atoms with Crippen molar-refractivity contribution in [3.63, 3.8) is 0 Å². The van der Waals surface area contributed by atoms with E-state index >= 15 is 0 Å². The molecule has 2 N–H and O–H groups in total. The van der Waals surface area contributed by atoms with Gasteiger partial charge < -0.3 is 19.7 Å². The highest BCUT2D eigenvalue weighted by molar-refractivity contribution is 9.09. The Bertz CT molecular complexity index is 384. The Morgan fingerprint density at radius 2 is 2.20 bits per heavy atom. The molecule has 5 atom stereocenters. The predicted octanol–water partition coefficient (Wildman–Crippen LogP) is 0.852. The number of esters is 1. The second-order valence-electron chi connectivity index (χ2n) is 5.92. The van der Waals surface area contributed by atoms with Crippen LogP contribution < -0.4 is 0 Å². The fraction of sp³-hybridized carbons (Fsp3) is 0.786. The zero-order chi connectivity index (χ0) is 15.5. The van der Waals surface area contributed by atoms with Crippen molar-refractivity contribution < 1.29 is 24.5 Å². The summed E-state index contributed by atoms with van der Waals surface area (Å²) in [5.74, 6) is 1.85. The molecule has 1 saturated heterocycles. The fourth-order valence-electron chi connectivity index (χ4n) is 1.82. The molecular formula is C14H21BrO5. The maximum atomic E-state index is 11.7. The van der Waals surface area contributed by atoms with Gasteiger partial charge in [-0.05, 0) is 20.8 Å². The van der Waals surface area contributed by atoms with Gasteiger partial charge in [0.05, 0.1) is 28.6 Å². The van der Waals surface area contributed by atoms with Crippen molar-refractivity contribution in [2.75, 3.05) is 6.61 Å². The van der Waals surface area contributed by atoms with Crippen molar-refractivity contribution in [1.29, 1.82) is 0 Å². The molecule has 0 saturated carbocycles. The third kappa shape index (κ3) is 4.45. The molecule has 1 aliphatic rings. The molecule has 1 rings (SSSR count). The van der Waals surface area contributed by atoms with E-state index in [1.54, 1.807) is 20.8 Å². The number of carbonyl (C=O) groups excluding carboxylic acids is 1. The largest absolute Gasteiger partial charge is 0.464 e. The monoisotopic (exact) mass is 348 g/mol. The Morgan fingerprint density at radius 3 is 2.70 bits per heavy atom. The summed E-state index contributed by atoms with van der Waals surface area (Å²) in [4.78, 5) is 11.3. The van der Waals surface area contributed by atoms with Crippen LogP contribution in [0.25, 0.3) is 0 Å². The molecular weight excluding hydrogens is 328 g/mol. The normalized spacial score (nSPS) is 29.6. The number of rotatable bonds is 4. The van der Waals surface area contributed by atoms with Gasteiger partial charge in [0.2, 0.25) is 0 Å². The maximum Gasteiger partial charge on any atom is 0.311 e. The molecule has 0 amide bonds. The van der Waals surface area contributed by atoms with Crippen LogP contribution in [0.3, 0.4) is 0 Å². The Hall–Kier alpha value is -0.610. The lowest BCUT2D eigenvalue weighted by Crippen LogP contribution is -2.36. The molecule has 20 heavy (non-hydrogen) atoms. The first-order valence-electron chi connectivity index (χ1n) is 6.46. The Labute approximate surface area is 127 Å². The third-order valence-electron chi connectivity index (χ3n) is 3.05. The van der Waals surface area contributed by atoms with Crippen LogP contribution in [0, 0.1) is 17.8 Å². The van der Waals surface area contributed by atoms with Crippen LogP contribution >= 0.6 is 15.9 Å². The van der Waals surface area contributed by atoms with E-state index in [0.29, 0.717) is 0 Å². The first kappa shape index (κ1) is 17.4. The standard InChI is InChI=1S/C14H21BrO5/c1-5-9(16)11-6-10(17)12(20-11)8(15)7-19-13(18)14(2,3)4/h1,8-12,16-17H,6-7H2,2-4H3/t8-,9+,10-,11+,12-/m0/s1. The van der Waals surface area contributed by atoms with Gasteiger partial charge in [0, 0.05) is 6.42 Å². The highest BCUT2D eigenvalue weighted by Crippen LogP contribution is 2.28. The van der Waals surface area contributed by atoms with Crippen LogP contribution in [0.5, 0.6) is 0 Å². The number of ether oxygens (including phenoxy) is 2. The van der Waals surface area contributed by atoms with Gasteiger partial charge in [0.25, 0.3) is 0 Å². The average Bonchev–Trinajstić information content (AvgIpc) is 2.75. The van der Waals surface area contributed by atoms with Crippen molar-refractivity contribution in [2.24, 2.45) is 5.41 Å². The highest BCUT2D eigenvalue weighted by atomic mass is 79.9. The number of hydrogen-bond acceptors (Lipinski definition) is 5. The van der Waals surface area contributed by atoms with E-state index in [0.717, 1.165) is 0 Å². The summed E-state index contributed by atoms with van der Waals surface area (Å²) in [6.45, 7) is 5.37. The summed E-state index contributed by atoms with van der Waals surface area (Å²) in [7, 11) is 0. The summed E-state index contributed by atoms with van der Waals surface area (Å²) < 4.78 is 10.7. The summed E-state index contributed by atoms with van der Waals surface area (Å²) in [5, 5.41) is 19.5. The van der Waals surface area contributed by atoms with Gasteiger partial charge in [0.15, 0.2) is 0 Å². The minimum atomic E-state index is -1.05. The minimum Gasteiger partial charge on any atom is -0.464 e. The fourth-order valence-corrected chi connectivity index (χ4v) is 2.43. The summed E-state index contributed by atoms with van der Waals surface area (Å²) >= 11 is 3.34. The van der Waals surface area contributed by atoms with Gasteiger partial charge in [0.1, 0.15) is 12.7 Å². The van der Waals surface area contributed by atoms with Crippen LogP contribution in [-0.2, 0) is 14.3 Å². The highest BCUT2D eigenvalue weighted by Gasteiger charge is 2.41. The van der Waals surface area contributed by atoms with Gasteiger partial charge in [-0.15, -0.1) is 6.42 Å².